The number of unbranched alkanes of at least 4 members (excludes halogenated alkanes) is 5. The van der Waals surface area contributed by atoms with Gasteiger partial charge in [-0.25, -0.2) is 19.2 Å². The topological polar surface area (TPSA) is 200 Å². The molecule has 0 radical (unpaired) electrons. The van der Waals surface area contributed by atoms with Gasteiger partial charge < -0.3 is 48.5 Å². The van der Waals surface area contributed by atoms with Crippen molar-refractivity contribution in [1.29, 1.82) is 0 Å². The lowest BCUT2D eigenvalue weighted by atomic mass is 9.79. The van der Waals surface area contributed by atoms with Gasteiger partial charge in [-0.05, 0) is 140 Å². The highest BCUT2D eigenvalue weighted by Crippen LogP contribution is 2.45. The Morgan fingerprint density at radius 3 is 1.09 bits per heavy atom. The molecule has 5 aromatic carbocycles. The van der Waals surface area contributed by atoms with E-state index in [-0.39, 0.29) is 102 Å². The molecule has 2 N–H and O–H groups in total. The maximum atomic E-state index is 14.3. The molecule has 0 fully saturated rings. The predicted molar refractivity (Wildman–Crippen MR) is 372 cm³/mol. The Labute approximate surface area is 566 Å². The molecule has 95 heavy (non-hydrogen) atoms. The van der Waals surface area contributed by atoms with Crippen LogP contribution < -0.4 is 29.6 Å². The highest BCUT2D eigenvalue weighted by Gasteiger charge is 2.31. The van der Waals surface area contributed by atoms with Crippen LogP contribution in [0.5, 0.6) is 23.0 Å². The standard InChI is InChI=1S/C79H108N2O14/c1-17-21-22-23-27-33-66(82)81-65(75(87)95-47-52-30-25-24-26-31-52)32-28-29-34-80-67(83)48-91-71-53-35-55-41-62(77(8,9)10)43-57(72(55)92-49-68(84)88-18-2)37-59-45-64(79(14,15)16)46-60(74(59)94-51-70(86)90-20-4)38-58-44-63(78(11,12)13)42-56(73(58)93-50-69(85)89-19-3)36-54(71)40-61(39-53)76(5,6)7/h24-26,30-31,39-46,65H,17-23,27-29,32-38,47-51H2,1-16H3,(H,80,83)(H,81,82). The third-order valence-electron chi connectivity index (χ3n) is 16.8. The van der Waals surface area contributed by atoms with Crippen LogP contribution in [0.3, 0.4) is 0 Å². The normalized spacial score (nSPS) is 12.8. The van der Waals surface area contributed by atoms with Gasteiger partial charge in [-0.2, -0.15) is 0 Å². The number of hydrogen-bond donors (Lipinski definition) is 2. The van der Waals surface area contributed by atoms with Gasteiger partial charge in [0.05, 0.1) is 19.8 Å². The maximum Gasteiger partial charge on any atom is 0.344 e. The summed E-state index contributed by atoms with van der Waals surface area (Å²) in [6, 6.07) is 25.5. The lowest BCUT2D eigenvalue weighted by Crippen LogP contribution is -2.41. The molecule has 6 rings (SSSR count). The second-order valence-electron chi connectivity index (χ2n) is 29.0. The van der Waals surface area contributed by atoms with E-state index in [4.69, 9.17) is 37.9 Å². The molecule has 2 amide bonds. The highest BCUT2D eigenvalue weighted by molar-refractivity contribution is 5.84. The number of carbonyl (C=O) groups is 6. The van der Waals surface area contributed by atoms with Gasteiger partial charge in [0.2, 0.25) is 5.91 Å². The molecule has 8 bridgehead atoms. The minimum Gasteiger partial charge on any atom is -0.483 e. The lowest BCUT2D eigenvalue weighted by molar-refractivity contribution is -0.149. The van der Waals surface area contributed by atoms with Crippen molar-refractivity contribution in [3.63, 3.8) is 0 Å². The summed E-state index contributed by atoms with van der Waals surface area (Å²) in [6.07, 6.45) is 7.46. The summed E-state index contributed by atoms with van der Waals surface area (Å²) in [4.78, 5) is 81.4. The molecule has 1 atom stereocenters. The zero-order valence-corrected chi connectivity index (χ0v) is 59.9. The van der Waals surface area contributed by atoms with E-state index in [0.717, 1.165) is 104 Å². The van der Waals surface area contributed by atoms with Gasteiger partial charge >= 0.3 is 23.9 Å². The number of rotatable bonds is 30. The van der Waals surface area contributed by atoms with Crippen molar-refractivity contribution >= 4 is 35.7 Å². The fourth-order valence-corrected chi connectivity index (χ4v) is 11.5. The highest BCUT2D eigenvalue weighted by atomic mass is 16.6. The van der Waals surface area contributed by atoms with Crippen LogP contribution in [0, 0.1) is 0 Å². The van der Waals surface area contributed by atoms with Gasteiger partial charge in [-0.1, -0.05) is 195 Å². The molecular weight excluding hydrogens is 1200 g/mol. The zero-order chi connectivity index (χ0) is 69.7. The van der Waals surface area contributed by atoms with Crippen molar-refractivity contribution in [3.8, 4) is 23.0 Å². The Hall–Kier alpha value is -7.88. The van der Waals surface area contributed by atoms with Crippen LogP contribution in [0.2, 0.25) is 0 Å². The fourth-order valence-electron chi connectivity index (χ4n) is 11.5. The molecule has 5 aromatic rings. The number of esters is 4. The Bertz CT molecular complexity index is 3280. The average molecular weight is 1310 g/mol. The van der Waals surface area contributed by atoms with E-state index in [0.29, 0.717) is 48.7 Å². The molecule has 0 saturated carbocycles. The second-order valence-corrected chi connectivity index (χ2v) is 29.0. The van der Waals surface area contributed by atoms with Gasteiger partial charge in [0, 0.05) is 38.6 Å². The van der Waals surface area contributed by atoms with Crippen LogP contribution in [0.25, 0.3) is 0 Å². The number of carbonyl (C=O) groups excluding carboxylic acids is 6. The van der Waals surface area contributed by atoms with E-state index < -0.39 is 46.2 Å². The Morgan fingerprint density at radius 2 is 0.758 bits per heavy atom. The van der Waals surface area contributed by atoms with Crippen LogP contribution in [0.1, 0.15) is 241 Å². The molecule has 0 saturated heterocycles. The van der Waals surface area contributed by atoms with Gasteiger partial charge in [0.15, 0.2) is 26.4 Å². The zero-order valence-electron chi connectivity index (χ0n) is 59.9. The maximum absolute atomic E-state index is 14.3. The predicted octanol–water partition coefficient (Wildman–Crippen LogP) is 14.6. The molecule has 1 aliphatic rings. The molecule has 16 nitrogen and oxygen atoms in total. The minimum atomic E-state index is -0.856. The Balaban J connectivity index is 1.52. The van der Waals surface area contributed by atoms with Gasteiger partial charge in [0.25, 0.3) is 5.91 Å². The van der Waals surface area contributed by atoms with Crippen molar-refractivity contribution in [3.05, 3.63) is 151 Å². The summed E-state index contributed by atoms with van der Waals surface area (Å²) in [6.45, 7) is 32.5. The number of fused-ring (bicyclic) bond motifs is 8. The van der Waals surface area contributed by atoms with Crippen molar-refractivity contribution in [2.24, 2.45) is 0 Å². The summed E-state index contributed by atoms with van der Waals surface area (Å²) < 4.78 is 49.4. The summed E-state index contributed by atoms with van der Waals surface area (Å²) in [7, 11) is 0. The first-order valence-electron chi connectivity index (χ1n) is 34.3. The number of benzene rings is 5. The third kappa shape index (κ3) is 23.5. The minimum absolute atomic E-state index is 0.0791. The first-order valence-corrected chi connectivity index (χ1v) is 34.3. The van der Waals surface area contributed by atoms with Gasteiger partial charge in [-0.3, -0.25) is 9.59 Å². The SMILES string of the molecule is CCCCCCCC(=O)NC(CCCCNC(=O)COc1c2cc(C(C)(C)C)cc1Cc1cc(C(C)(C)C)cc(c1OCC(=O)OCC)Cc1cc(C(C)(C)C)cc(c1OCC(=O)OCC)Cc1cc(C(C)(C)C)cc(c1OCC(=O)OCC)C2)C(=O)OCc1ccccc1. The average Bonchev–Trinajstić information content (AvgIpc) is 0.766. The smallest absolute Gasteiger partial charge is 0.344 e. The van der Waals surface area contributed by atoms with E-state index in [1.165, 1.54) is 0 Å². The quantitative estimate of drug-likeness (QED) is 0.0245. The molecule has 16 heteroatoms. The van der Waals surface area contributed by atoms with Crippen LogP contribution in [0.15, 0.2) is 78.9 Å². The van der Waals surface area contributed by atoms with E-state index >= 15 is 0 Å². The van der Waals surface area contributed by atoms with Crippen molar-refractivity contribution in [1.82, 2.24) is 10.6 Å². The van der Waals surface area contributed by atoms with Crippen molar-refractivity contribution in [2.75, 3.05) is 52.8 Å². The monoisotopic (exact) mass is 1310 g/mol. The summed E-state index contributed by atoms with van der Waals surface area (Å²) in [5.74, 6) is -0.821. The lowest BCUT2D eigenvalue weighted by Gasteiger charge is -2.29. The first kappa shape index (κ1) is 76.1. The van der Waals surface area contributed by atoms with E-state index in [2.05, 4.69) is 149 Å². The number of nitrogens with one attached hydrogen (secondary N) is 2. The van der Waals surface area contributed by atoms with Crippen molar-refractivity contribution in [2.45, 2.75) is 229 Å². The molecule has 0 aliphatic heterocycles. The summed E-state index contributed by atoms with van der Waals surface area (Å²) in [5.41, 5.74) is 9.22. The third-order valence-corrected chi connectivity index (χ3v) is 16.8. The summed E-state index contributed by atoms with van der Waals surface area (Å²) >= 11 is 0. The molecule has 1 unspecified atom stereocenters. The summed E-state index contributed by atoms with van der Waals surface area (Å²) in [5, 5.41) is 6.00. The Morgan fingerprint density at radius 1 is 0.411 bits per heavy atom. The largest absolute Gasteiger partial charge is 0.483 e. The van der Waals surface area contributed by atoms with Crippen LogP contribution >= 0.6 is 0 Å². The number of hydrogen-bond acceptors (Lipinski definition) is 14. The second kappa shape index (κ2) is 35.2. The number of ether oxygens (including phenoxy) is 8. The molecular formula is C79H108N2O14. The van der Waals surface area contributed by atoms with Crippen LogP contribution in [-0.4, -0.2) is 94.5 Å². The molecule has 0 heterocycles. The van der Waals surface area contributed by atoms with Crippen LogP contribution in [-0.2, 0) is 102 Å². The van der Waals surface area contributed by atoms with E-state index in [1.54, 1.807) is 20.8 Å². The van der Waals surface area contributed by atoms with E-state index in [1.807, 2.05) is 30.3 Å². The van der Waals surface area contributed by atoms with Crippen LogP contribution in [0.4, 0.5) is 0 Å². The molecule has 0 spiro atoms. The van der Waals surface area contributed by atoms with Crippen molar-refractivity contribution < 1.29 is 66.7 Å². The fraction of sp³-hybridized carbons (Fsp3) is 0.544. The molecule has 1 aliphatic carbocycles. The molecule has 518 valence electrons. The van der Waals surface area contributed by atoms with Gasteiger partial charge in [-0.15, -0.1) is 0 Å². The Kier molecular flexibility index (Phi) is 28.2. The first-order chi connectivity index (χ1) is 44.9. The van der Waals surface area contributed by atoms with Gasteiger partial charge in [0.1, 0.15) is 35.6 Å². The molecule has 0 aromatic heterocycles. The van der Waals surface area contributed by atoms with E-state index in [9.17, 15) is 28.8 Å². The number of amides is 2.